The Balaban J connectivity index is 1.59. The van der Waals surface area contributed by atoms with Crippen LogP contribution in [0.25, 0.3) is 0 Å². The number of hydrogen-bond acceptors (Lipinski definition) is 6. The number of piperidine rings is 1. The molecule has 7 nitrogen and oxygen atoms in total. The summed E-state index contributed by atoms with van der Waals surface area (Å²) in [4.78, 5) is 25.2. The van der Waals surface area contributed by atoms with E-state index in [4.69, 9.17) is 9.47 Å². The molecule has 148 valence electrons. The van der Waals surface area contributed by atoms with Gasteiger partial charge in [-0.2, -0.15) is 0 Å². The molecule has 0 aromatic heterocycles. The zero-order chi connectivity index (χ0) is 19.9. The lowest BCUT2D eigenvalue weighted by Gasteiger charge is -2.28. The fraction of sp³-hybridized carbons (Fsp3) is 0.350. The van der Waals surface area contributed by atoms with Crippen molar-refractivity contribution in [2.24, 2.45) is 0 Å². The van der Waals surface area contributed by atoms with Gasteiger partial charge in [-0.1, -0.05) is 0 Å². The highest BCUT2D eigenvalue weighted by Crippen LogP contribution is 2.31. The summed E-state index contributed by atoms with van der Waals surface area (Å²) < 4.78 is 23.3. The minimum absolute atomic E-state index is 0.0299. The summed E-state index contributed by atoms with van der Waals surface area (Å²) in [6.45, 7) is 1.60. The molecule has 0 aliphatic carbocycles. The van der Waals surface area contributed by atoms with Crippen LogP contribution in [0.15, 0.2) is 42.5 Å². The molecule has 0 unspecified atom stereocenters. The summed E-state index contributed by atoms with van der Waals surface area (Å²) in [5.41, 5.74) is 0.550. The first-order valence-corrected chi connectivity index (χ1v) is 9.13. The summed E-state index contributed by atoms with van der Waals surface area (Å²) in [7, 11) is 0. The molecule has 1 fully saturated rings. The van der Waals surface area contributed by atoms with Gasteiger partial charge in [0.1, 0.15) is 30.5 Å². The van der Waals surface area contributed by atoms with Gasteiger partial charge in [0.25, 0.3) is 5.69 Å². The summed E-state index contributed by atoms with van der Waals surface area (Å²) in [6.07, 6.45) is 3.11. The number of carbonyl (C=O) groups excluding carboxylic acids is 1. The third-order valence-electron chi connectivity index (χ3n) is 4.50. The van der Waals surface area contributed by atoms with E-state index in [0.717, 1.165) is 32.4 Å². The lowest BCUT2D eigenvalue weighted by molar-refractivity contribution is -0.384. The molecular formula is C20H21FN2O5. The molecule has 0 bridgehead atoms. The minimum Gasteiger partial charge on any atom is -0.490 e. The predicted octanol–water partition coefficient (Wildman–Crippen LogP) is 3.96. The predicted molar refractivity (Wildman–Crippen MR) is 101 cm³/mol. The number of nitro groups is 1. The Morgan fingerprint density at radius 3 is 2.46 bits per heavy atom. The van der Waals surface area contributed by atoms with E-state index in [1.807, 2.05) is 4.90 Å². The molecule has 0 saturated carbocycles. The Labute approximate surface area is 161 Å². The van der Waals surface area contributed by atoms with Crippen LogP contribution >= 0.6 is 0 Å². The Morgan fingerprint density at radius 2 is 1.79 bits per heavy atom. The lowest BCUT2D eigenvalue weighted by atomic mass is 10.1. The molecule has 0 N–H and O–H groups in total. The number of benzene rings is 2. The van der Waals surface area contributed by atoms with Crippen molar-refractivity contribution in [1.29, 1.82) is 0 Å². The monoisotopic (exact) mass is 388 g/mol. The van der Waals surface area contributed by atoms with E-state index in [2.05, 4.69) is 0 Å². The van der Waals surface area contributed by atoms with Crippen LogP contribution in [0.2, 0.25) is 0 Å². The smallest absolute Gasteiger partial charge is 0.338 e. The molecule has 28 heavy (non-hydrogen) atoms. The normalized spacial score (nSPS) is 13.8. The van der Waals surface area contributed by atoms with Gasteiger partial charge in [-0.3, -0.25) is 10.1 Å². The number of carbonyl (C=O) groups is 1. The number of halogens is 1. The lowest BCUT2D eigenvalue weighted by Crippen LogP contribution is -2.30. The molecule has 2 aromatic carbocycles. The second-order valence-corrected chi connectivity index (χ2v) is 6.45. The standard InChI is InChI=1S/C20H21FN2O5/c21-16-5-7-17(8-6-16)27-12-13-28-20(24)15-4-9-18(19(14-15)23(25)26)22-10-2-1-3-11-22/h4-9,14H,1-3,10-13H2. The van der Waals surface area contributed by atoms with E-state index in [1.165, 1.54) is 30.3 Å². The number of nitrogens with zero attached hydrogens (tertiary/aromatic N) is 2. The van der Waals surface area contributed by atoms with Gasteiger partial charge >= 0.3 is 5.97 Å². The summed E-state index contributed by atoms with van der Waals surface area (Å²) in [5, 5.41) is 11.5. The Morgan fingerprint density at radius 1 is 1.07 bits per heavy atom. The fourth-order valence-electron chi connectivity index (χ4n) is 3.11. The fourth-order valence-corrected chi connectivity index (χ4v) is 3.11. The summed E-state index contributed by atoms with van der Waals surface area (Å²) in [6, 6.07) is 9.89. The molecule has 1 saturated heterocycles. The first kappa shape index (κ1) is 19.6. The van der Waals surface area contributed by atoms with Crippen LogP contribution in [0, 0.1) is 15.9 Å². The molecule has 0 amide bonds. The zero-order valence-electron chi connectivity index (χ0n) is 15.3. The Kier molecular flexibility index (Phi) is 6.41. The molecule has 0 atom stereocenters. The maximum atomic E-state index is 12.8. The third-order valence-corrected chi connectivity index (χ3v) is 4.50. The van der Waals surface area contributed by atoms with Crippen LogP contribution in [0.3, 0.4) is 0 Å². The van der Waals surface area contributed by atoms with Gasteiger partial charge in [0.2, 0.25) is 0 Å². The summed E-state index contributed by atoms with van der Waals surface area (Å²) in [5.74, 6) is -0.566. The maximum absolute atomic E-state index is 12.8. The first-order valence-electron chi connectivity index (χ1n) is 9.13. The largest absolute Gasteiger partial charge is 0.490 e. The molecular weight excluding hydrogens is 367 g/mol. The number of rotatable bonds is 7. The number of esters is 1. The highest BCUT2D eigenvalue weighted by Gasteiger charge is 2.23. The van der Waals surface area contributed by atoms with Gasteiger partial charge in [-0.15, -0.1) is 0 Å². The van der Waals surface area contributed by atoms with Crippen molar-refractivity contribution in [1.82, 2.24) is 0 Å². The van der Waals surface area contributed by atoms with Gasteiger partial charge in [0.15, 0.2) is 0 Å². The van der Waals surface area contributed by atoms with Crippen molar-refractivity contribution >= 4 is 17.3 Å². The number of ether oxygens (including phenoxy) is 2. The van der Waals surface area contributed by atoms with E-state index in [-0.39, 0.29) is 30.3 Å². The van der Waals surface area contributed by atoms with Gasteiger partial charge in [-0.05, 0) is 55.7 Å². The van der Waals surface area contributed by atoms with E-state index in [1.54, 1.807) is 12.1 Å². The number of hydrogen-bond donors (Lipinski definition) is 0. The number of nitro benzene ring substituents is 1. The van der Waals surface area contributed by atoms with Gasteiger partial charge in [-0.25, -0.2) is 9.18 Å². The van der Waals surface area contributed by atoms with E-state index >= 15 is 0 Å². The SMILES string of the molecule is O=C(OCCOc1ccc(F)cc1)c1ccc(N2CCCCC2)c([N+](=O)[O-])c1. The first-order chi connectivity index (χ1) is 13.5. The van der Waals surface area contributed by atoms with E-state index in [0.29, 0.717) is 11.4 Å². The molecule has 8 heteroatoms. The van der Waals surface area contributed by atoms with Crippen molar-refractivity contribution in [2.75, 3.05) is 31.2 Å². The van der Waals surface area contributed by atoms with E-state index in [9.17, 15) is 19.3 Å². The second kappa shape index (κ2) is 9.16. The van der Waals surface area contributed by atoms with Crippen LogP contribution in [0.5, 0.6) is 5.75 Å². The highest BCUT2D eigenvalue weighted by molar-refractivity contribution is 5.91. The molecule has 0 radical (unpaired) electrons. The van der Waals surface area contributed by atoms with Crippen LogP contribution < -0.4 is 9.64 Å². The van der Waals surface area contributed by atoms with Crippen molar-refractivity contribution in [2.45, 2.75) is 19.3 Å². The van der Waals surface area contributed by atoms with Crippen molar-refractivity contribution < 1.29 is 23.6 Å². The minimum atomic E-state index is -0.656. The van der Waals surface area contributed by atoms with Crippen LogP contribution in [0.1, 0.15) is 29.6 Å². The van der Waals surface area contributed by atoms with Crippen LogP contribution in [0.4, 0.5) is 15.8 Å². The van der Waals surface area contributed by atoms with Gasteiger partial charge in [0.05, 0.1) is 10.5 Å². The highest BCUT2D eigenvalue weighted by atomic mass is 19.1. The molecule has 3 rings (SSSR count). The Bertz CT molecular complexity index is 835. The zero-order valence-corrected chi connectivity index (χ0v) is 15.3. The van der Waals surface area contributed by atoms with Crippen molar-refractivity contribution in [3.05, 3.63) is 64.0 Å². The molecule has 1 aliphatic heterocycles. The quantitative estimate of drug-likeness (QED) is 0.309. The molecule has 2 aromatic rings. The summed E-state index contributed by atoms with van der Waals surface area (Å²) >= 11 is 0. The third kappa shape index (κ3) is 4.97. The van der Waals surface area contributed by atoms with Crippen molar-refractivity contribution in [3.63, 3.8) is 0 Å². The second-order valence-electron chi connectivity index (χ2n) is 6.45. The Hall–Kier alpha value is -3.16. The average molecular weight is 388 g/mol. The topological polar surface area (TPSA) is 81.9 Å². The maximum Gasteiger partial charge on any atom is 0.338 e. The average Bonchev–Trinajstić information content (AvgIpc) is 2.72. The molecule has 0 spiro atoms. The van der Waals surface area contributed by atoms with Gasteiger partial charge < -0.3 is 14.4 Å². The van der Waals surface area contributed by atoms with Crippen LogP contribution in [-0.4, -0.2) is 37.2 Å². The van der Waals surface area contributed by atoms with Gasteiger partial charge in [0, 0.05) is 19.2 Å². The molecule has 1 aliphatic rings. The van der Waals surface area contributed by atoms with E-state index < -0.39 is 10.9 Å². The van der Waals surface area contributed by atoms with Crippen LogP contribution in [-0.2, 0) is 4.74 Å². The van der Waals surface area contributed by atoms with Crippen molar-refractivity contribution in [3.8, 4) is 5.75 Å². The molecule has 1 heterocycles. The number of anilines is 1.